The van der Waals surface area contributed by atoms with Crippen LogP contribution in [0.25, 0.3) is 0 Å². The first-order valence-electron chi connectivity index (χ1n) is 4.54. The van der Waals surface area contributed by atoms with Crippen LogP contribution in [-0.4, -0.2) is 31.2 Å². The Bertz CT molecular complexity index is 353. The fraction of sp³-hybridized carbons (Fsp3) is 0.300. The van der Waals surface area contributed by atoms with Crippen LogP contribution in [0.2, 0.25) is 0 Å². The summed E-state index contributed by atoms with van der Waals surface area (Å²) in [4.78, 5) is 11.5. The summed E-state index contributed by atoms with van der Waals surface area (Å²) in [6.45, 7) is 0.809. The van der Waals surface area contributed by atoms with Gasteiger partial charge in [-0.25, -0.2) is 0 Å². The highest BCUT2D eigenvalue weighted by Gasteiger charge is 2.08. The number of nitrogens with one attached hydrogen (secondary N) is 1. The highest BCUT2D eigenvalue weighted by Crippen LogP contribution is 2.25. The molecule has 0 saturated carbocycles. The van der Waals surface area contributed by atoms with Crippen LogP contribution in [0.1, 0.15) is 10.4 Å². The van der Waals surface area contributed by atoms with Crippen LogP contribution in [0.15, 0.2) is 18.2 Å². The number of methoxy groups -OCH3 is 1. The number of ether oxygens (including phenoxy) is 1. The number of carbonyl (C=O) groups excluding carboxylic acids is 1. The molecular formula is C10H14N2O3. The van der Waals surface area contributed by atoms with Crippen LogP contribution in [0.4, 0.5) is 0 Å². The number of hydrogen-bond acceptors (Lipinski definition) is 4. The maximum Gasteiger partial charge on any atom is 0.251 e. The van der Waals surface area contributed by atoms with Gasteiger partial charge in [-0.15, -0.1) is 0 Å². The number of benzene rings is 1. The van der Waals surface area contributed by atoms with E-state index >= 15 is 0 Å². The fourth-order valence-corrected chi connectivity index (χ4v) is 1.11. The zero-order valence-electron chi connectivity index (χ0n) is 8.49. The lowest BCUT2D eigenvalue weighted by Crippen LogP contribution is -2.28. The van der Waals surface area contributed by atoms with E-state index < -0.39 is 0 Å². The van der Waals surface area contributed by atoms with Gasteiger partial charge in [0.1, 0.15) is 0 Å². The van der Waals surface area contributed by atoms with Gasteiger partial charge in [-0.1, -0.05) is 0 Å². The second kappa shape index (κ2) is 5.21. The third-order valence-electron chi connectivity index (χ3n) is 1.87. The molecule has 15 heavy (non-hydrogen) atoms. The minimum absolute atomic E-state index is 0.00729. The Labute approximate surface area is 87.9 Å². The molecule has 5 nitrogen and oxygen atoms in total. The van der Waals surface area contributed by atoms with Crippen molar-refractivity contribution >= 4 is 5.91 Å². The minimum atomic E-state index is -0.237. The SMILES string of the molecule is COc1cc(C(=O)NCCN)ccc1O. The zero-order valence-corrected chi connectivity index (χ0v) is 8.49. The van der Waals surface area contributed by atoms with Crippen molar-refractivity contribution < 1.29 is 14.6 Å². The standard InChI is InChI=1S/C10H14N2O3/c1-15-9-6-7(2-3-8(9)13)10(14)12-5-4-11/h2-3,6,13H,4-5,11H2,1H3,(H,12,14). The first-order chi connectivity index (χ1) is 7.19. The molecule has 5 heteroatoms. The van der Waals surface area contributed by atoms with Crippen LogP contribution in [0, 0.1) is 0 Å². The third-order valence-corrected chi connectivity index (χ3v) is 1.87. The summed E-state index contributed by atoms with van der Waals surface area (Å²) < 4.78 is 4.89. The molecule has 0 saturated heterocycles. The Morgan fingerprint density at radius 3 is 2.93 bits per heavy atom. The average Bonchev–Trinajstić information content (AvgIpc) is 2.26. The average molecular weight is 210 g/mol. The second-order valence-electron chi connectivity index (χ2n) is 2.93. The maximum atomic E-state index is 11.5. The second-order valence-corrected chi connectivity index (χ2v) is 2.93. The number of carbonyl (C=O) groups is 1. The summed E-state index contributed by atoms with van der Waals surface area (Å²) in [5, 5.41) is 11.9. The Balaban J connectivity index is 2.81. The van der Waals surface area contributed by atoms with E-state index in [4.69, 9.17) is 10.5 Å². The number of phenolic OH excluding ortho intramolecular Hbond substituents is 1. The predicted octanol–water partition coefficient (Wildman–Crippen LogP) is 0.0893. The van der Waals surface area contributed by atoms with Gasteiger partial charge in [-0.2, -0.15) is 0 Å². The van der Waals surface area contributed by atoms with E-state index in [0.29, 0.717) is 18.7 Å². The molecule has 1 aromatic rings. The maximum absolute atomic E-state index is 11.5. The molecule has 0 atom stereocenters. The smallest absolute Gasteiger partial charge is 0.251 e. The van der Waals surface area contributed by atoms with Gasteiger partial charge in [-0.3, -0.25) is 4.79 Å². The van der Waals surface area contributed by atoms with Crippen LogP contribution in [0.3, 0.4) is 0 Å². The van der Waals surface area contributed by atoms with Crippen molar-refractivity contribution in [3.63, 3.8) is 0 Å². The molecule has 4 N–H and O–H groups in total. The van der Waals surface area contributed by atoms with Gasteiger partial charge in [0.05, 0.1) is 7.11 Å². The van der Waals surface area contributed by atoms with Crippen molar-refractivity contribution in [3.8, 4) is 11.5 Å². The van der Waals surface area contributed by atoms with Gasteiger partial charge in [-0.05, 0) is 18.2 Å². The lowest BCUT2D eigenvalue weighted by molar-refractivity contribution is 0.0954. The number of aromatic hydroxyl groups is 1. The first kappa shape index (κ1) is 11.3. The van der Waals surface area contributed by atoms with Crippen LogP contribution in [-0.2, 0) is 0 Å². The van der Waals surface area contributed by atoms with Gasteiger partial charge in [0, 0.05) is 18.7 Å². The highest BCUT2D eigenvalue weighted by molar-refractivity contribution is 5.94. The Morgan fingerprint density at radius 2 is 2.33 bits per heavy atom. The molecule has 1 aromatic carbocycles. The summed E-state index contributed by atoms with van der Waals surface area (Å²) in [5.41, 5.74) is 5.68. The van der Waals surface area contributed by atoms with Crippen LogP contribution < -0.4 is 15.8 Å². The van der Waals surface area contributed by atoms with Crippen molar-refractivity contribution in [3.05, 3.63) is 23.8 Å². The highest BCUT2D eigenvalue weighted by atomic mass is 16.5. The summed E-state index contributed by atoms with van der Waals surface area (Å²) in [6, 6.07) is 4.40. The van der Waals surface area contributed by atoms with E-state index in [9.17, 15) is 9.90 Å². The molecule has 0 aliphatic heterocycles. The summed E-state index contributed by atoms with van der Waals surface area (Å²) in [6.07, 6.45) is 0. The predicted molar refractivity (Wildman–Crippen MR) is 56.0 cm³/mol. The van der Waals surface area contributed by atoms with Gasteiger partial charge < -0.3 is 20.9 Å². The Kier molecular flexibility index (Phi) is 3.93. The monoisotopic (exact) mass is 210 g/mol. The minimum Gasteiger partial charge on any atom is -0.504 e. The lowest BCUT2D eigenvalue weighted by Gasteiger charge is -2.06. The van der Waals surface area contributed by atoms with E-state index in [0.717, 1.165) is 0 Å². The molecular weight excluding hydrogens is 196 g/mol. The fourth-order valence-electron chi connectivity index (χ4n) is 1.11. The molecule has 0 aliphatic rings. The summed E-state index contributed by atoms with van der Waals surface area (Å²) in [5.74, 6) is 0.0435. The van der Waals surface area contributed by atoms with Gasteiger partial charge >= 0.3 is 0 Å². The van der Waals surface area contributed by atoms with Crippen molar-refractivity contribution in [1.29, 1.82) is 0 Å². The van der Waals surface area contributed by atoms with E-state index in [-0.39, 0.29) is 17.4 Å². The first-order valence-corrected chi connectivity index (χ1v) is 4.54. The van der Waals surface area contributed by atoms with Crippen molar-refractivity contribution in [2.24, 2.45) is 5.73 Å². The van der Waals surface area contributed by atoms with Crippen LogP contribution in [0.5, 0.6) is 11.5 Å². The van der Waals surface area contributed by atoms with E-state index in [1.165, 1.54) is 25.3 Å². The molecule has 0 heterocycles. The Hall–Kier alpha value is -1.75. The molecule has 1 amide bonds. The molecule has 0 aliphatic carbocycles. The van der Waals surface area contributed by atoms with Crippen molar-refractivity contribution in [2.75, 3.05) is 20.2 Å². The van der Waals surface area contributed by atoms with Gasteiger partial charge in [0.25, 0.3) is 5.91 Å². The number of rotatable bonds is 4. The normalized spacial score (nSPS) is 9.73. The molecule has 0 spiro atoms. The lowest BCUT2D eigenvalue weighted by atomic mass is 10.2. The largest absolute Gasteiger partial charge is 0.504 e. The van der Waals surface area contributed by atoms with Gasteiger partial charge in [0.15, 0.2) is 11.5 Å². The van der Waals surface area contributed by atoms with E-state index in [2.05, 4.69) is 5.32 Å². The molecule has 82 valence electrons. The number of amides is 1. The number of phenols is 1. The van der Waals surface area contributed by atoms with Gasteiger partial charge in [0.2, 0.25) is 0 Å². The number of hydrogen-bond donors (Lipinski definition) is 3. The molecule has 0 aromatic heterocycles. The zero-order chi connectivity index (χ0) is 11.3. The molecule has 0 bridgehead atoms. The van der Waals surface area contributed by atoms with Crippen molar-refractivity contribution in [2.45, 2.75) is 0 Å². The Morgan fingerprint density at radius 1 is 1.60 bits per heavy atom. The third kappa shape index (κ3) is 2.85. The van der Waals surface area contributed by atoms with Crippen molar-refractivity contribution in [1.82, 2.24) is 5.32 Å². The molecule has 0 radical (unpaired) electrons. The quantitative estimate of drug-likeness (QED) is 0.657. The molecule has 0 fully saturated rings. The topological polar surface area (TPSA) is 84.6 Å². The van der Waals surface area contributed by atoms with E-state index in [1.54, 1.807) is 0 Å². The van der Waals surface area contributed by atoms with Crippen LogP contribution >= 0.6 is 0 Å². The molecule has 0 unspecified atom stereocenters. The molecule has 1 rings (SSSR count). The summed E-state index contributed by atoms with van der Waals surface area (Å²) in [7, 11) is 1.43. The van der Waals surface area contributed by atoms with E-state index in [1.807, 2.05) is 0 Å². The summed E-state index contributed by atoms with van der Waals surface area (Å²) >= 11 is 0. The number of nitrogens with two attached hydrogens (primary N) is 1.